The highest BCUT2D eigenvalue weighted by Crippen LogP contribution is 2.33. The Morgan fingerprint density at radius 2 is 1.93 bits per heavy atom. The van der Waals surface area contributed by atoms with E-state index >= 15 is 0 Å². The molecule has 27 heavy (non-hydrogen) atoms. The lowest BCUT2D eigenvalue weighted by atomic mass is 10.2. The summed E-state index contributed by atoms with van der Waals surface area (Å²) in [7, 11) is 0. The summed E-state index contributed by atoms with van der Waals surface area (Å²) < 4.78 is 5.71. The van der Waals surface area contributed by atoms with Crippen LogP contribution in [0.15, 0.2) is 53.4 Å². The predicted octanol–water partition coefficient (Wildman–Crippen LogP) is 3.44. The highest BCUT2D eigenvalue weighted by atomic mass is 35.5. The molecule has 2 aromatic rings. The first-order valence-corrected chi connectivity index (χ1v) is 9.13. The maximum Gasteiger partial charge on any atom is 0.294 e. The van der Waals surface area contributed by atoms with E-state index in [1.807, 2.05) is 30.3 Å². The van der Waals surface area contributed by atoms with Gasteiger partial charge in [0, 0.05) is 0 Å². The highest BCUT2D eigenvalue weighted by molar-refractivity contribution is 8.18. The first kappa shape index (κ1) is 19.0. The minimum absolute atomic E-state index is 0.204. The number of amides is 3. The van der Waals surface area contributed by atoms with Crippen LogP contribution in [0.2, 0.25) is 5.02 Å². The van der Waals surface area contributed by atoms with Crippen molar-refractivity contribution in [3.05, 3.63) is 69.6 Å². The lowest BCUT2D eigenvalue weighted by molar-refractivity contribution is -0.127. The molecule has 0 saturated carbocycles. The van der Waals surface area contributed by atoms with Gasteiger partial charge >= 0.3 is 0 Å². The number of nitrogens with zero attached hydrogens (tertiary/aromatic N) is 1. The SMILES string of the molecule is NC(=O)CN1C(=O)S/C(=C\c2ccc(OCc3ccccc3)c(Cl)c2)C1=O. The van der Waals surface area contributed by atoms with E-state index in [0.29, 0.717) is 22.9 Å². The number of hydrogen-bond acceptors (Lipinski definition) is 5. The van der Waals surface area contributed by atoms with Crippen molar-refractivity contribution in [3.63, 3.8) is 0 Å². The van der Waals surface area contributed by atoms with Gasteiger partial charge in [0.05, 0.1) is 9.93 Å². The third kappa shape index (κ3) is 4.69. The summed E-state index contributed by atoms with van der Waals surface area (Å²) in [6, 6.07) is 14.7. The molecule has 0 spiro atoms. The molecule has 8 heteroatoms. The van der Waals surface area contributed by atoms with Gasteiger partial charge in [-0.25, -0.2) is 0 Å². The van der Waals surface area contributed by atoms with E-state index < -0.39 is 23.6 Å². The zero-order chi connectivity index (χ0) is 19.4. The maximum absolute atomic E-state index is 12.2. The van der Waals surface area contributed by atoms with Gasteiger partial charge in [0.25, 0.3) is 11.1 Å². The lowest BCUT2D eigenvalue weighted by Crippen LogP contribution is -2.36. The van der Waals surface area contributed by atoms with Crippen LogP contribution in [0.5, 0.6) is 5.75 Å². The fraction of sp³-hybridized carbons (Fsp3) is 0.105. The van der Waals surface area contributed by atoms with Crippen molar-refractivity contribution in [3.8, 4) is 5.75 Å². The Morgan fingerprint density at radius 1 is 1.19 bits per heavy atom. The Labute approximate surface area is 164 Å². The second-order valence-corrected chi connectivity index (χ2v) is 7.10. The van der Waals surface area contributed by atoms with Crippen LogP contribution in [0.25, 0.3) is 6.08 Å². The average Bonchev–Trinajstić information content (AvgIpc) is 2.89. The van der Waals surface area contributed by atoms with Crippen LogP contribution >= 0.6 is 23.4 Å². The minimum Gasteiger partial charge on any atom is -0.487 e. The topological polar surface area (TPSA) is 89.7 Å². The van der Waals surface area contributed by atoms with Gasteiger partial charge in [-0.3, -0.25) is 19.3 Å². The summed E-state index contributed by atoms with van der Waals surface area (Å²) >= 11 is 7.01. The van der Waals surface area contributed by atoms with Gasteiger partial charge in [-0.1, -0.05) is 48.0 Å². The first-order chi connectivity index (χ1) is 12.9. The normalized spacial score (nSPS) is 15.4. The number of benzene rings is 2. The van der Waals surface area contributed by atoms with E-state index in [9.17, 15) is 14.4 Å². The molecule has 2 N–H and O–H groups in total. The number of thioether (sulfide) groups is 1. The Bertz CT molecular complexity index is 931. The number of hydrogen-bond donors (Lipinski definition) is 1. The number of imide groups is 1. The van der Waals surface area contributed by atoms with Crippen LogP contribution in [-0.4, -0.2) is 28.5 Å². The van der Waals surface area contributed by atoms with Crippen LogP contribution in [0.1, 0.15) is 11.1 Å². The fourth-order valence-corrected chi connectivity index (χ4v) is 3.48. The van der Waals surface area contributed by atoms with Gasteiger partial charge in [-0.05, 0) is 41.1 Å². The fourth-order valence-electron chi connectivity index (χ4n) is 2.40. The van der Waals surface area contributed by atoms with Gasteiger partial charge in [0.1, 0.15) is 18.9 Å². The van der Waals surface area contributed by atoms with Crippen molar-refractivity contribution >= 4 is 46.5 Å². The molecule has 1 aliphatic heterocycles. The van der Waals surface area contributed by atoms with Crippen LogP contribution in [-0.2, 0) is 16.2 Å². The predicted molar refractivity (Wildman–Crippen MR) is 104 cm³/mol. The number of primary amides is 1. The average molecular weight is 403 g/mol. The third-order valence-electron chi connectivity index (χ3n) is 3.68. The number of carbonyl (C=O) groups is 3. The molecule has 0 radical (unpaired) electrons. The van der Waals surface area contributed by atoms with Crippen molar-refractivity contribution in [1.82, 2.24) is 4.90 Å². The van der Waals surface area contributed by atoms with Crippen molar-refractivity contribution in [2.24, 2.45) is 5.73 Å². The number of rotatable bonds is 6. The number of carbonyl (C=O) groups excluding carboxylic acids is 3. The van der Waals surface area contributed by atoms with E-state index in [2.05, 4.69) is 0 Å². The number of nitrogens with two attached hydrogens (primary N) is 1. The minimum atomic E-state index is -0.749. The van der Waals surface area contributed by atoms with Gasteiger partial charge in [-0.2, -0.15) is 0 Å². The molecular weight excluding hydrogens is 388 g/mol. The van der Waals surface area contributed by atoms with Crippen molar-refractivity contribution in [2.75, 3.05) is 6.54 Å². The monoisotopic (exact) mass is 402 g/mol. The molecular formula is C19H15ClN2O4S. The summed E-state index contributed by atoms with van der Waals surface area (Å²) in [5.41, 5.74) is 6.71. The van der Waals surface area contributed by atoms with Gasteiger partial charge in [0.2, 0.25) is 5.91 Å². The number of halogens is 1. The standard InChI is InChI=1S/C19H15ClN2O4S/c20-14-8-13(6-7-15(14)26-11-12-4-2-1-3-5-12)9-16-18(24)22(10-17(21)23)19(25)27-16/h1-9H,10-11H2,(H2,21,23)/b16-9-. The summed E-state index contributed by atoms with van der Waals surface area (Å²) in [6.07, 6.45) is 1.54. The Balaban J connectivity index is 1.72. The molecule has 0 atom stereocenters. The molecule has 1 heterocycles. The lowest BCUT2D eigenvalue weighted by Gasteiger charge is -2.09. The van der Waals surface area contributed by atoms with E-state index in [0.717, 1.165) is 22.2 Å². The third-order valence-corrected chi connectivity index (χ3v) is 4.88. The molecule has 1 saturated heterocycles. The van der Waals surface area contributed by atoms with Crippen molar-refractivity contribution in [1.29, 1.82) is 0 Å². The zero-order valence-corrected chi connectivity index (χ0v) is 15.6. The van der Waals surface area contributed by atoms with Gasteiger partial charge in [0.15, 0.2) is 0 Å². The van der Waals surface area contributed by atoms with Crippen LogP contribution in [0, 0.1) is 0 Å². The molecule has 0 bridgehead atoms. The van der Waals surface area contributed by atoms with Crippen molar-refractivity contribution in [2.45, 2.75) is 6.61 Å². The molecule has 138 valence electrons. The highest BCUT2D eigenvalue weighted by Gasteiger charge is 2.35. The second-order valence-electron chi connectivity index (χ2n) is 5.70. The largest absolute Gasteiger partial charge is 0.487 e. The second kappa shape index (κ2) is 8.28. The summed E-state index contributed by atoms with van der Waals surface area (Å²) in [5.74, 6) is -0.787. The Hall–Kier alpha value is -2.77. The molecule has 0 aliphatic carbocycles. The maximum atomic E-state index is 12.2. The summed E-state index contributed by atoms with van der Waals surface area (Å²) in [5, 5.41) is -0.144. The Morgan fingerprint density at radius 3 is 2.59 bits per heavy atom. The van der Waals surface area contributed by atoms with E-state index in [4.69, 9.17) is 22.1 Å². The molecule has 3 amide bonds. The van der Waals surface area contributed by atoms with Crippen molar-refractivity contribution < 1.29 is 19.1 Å². The molecule has 2 aromatic carbocycles. The molecule has 0 aromatic heterocycles. The number of ether oxygens (including phenoxy) is 1. The molecule has 1 aliphatic rings. The molecule has 6 nitrogen and oxygen atoms in total. The molecule has 3 rings (SSSR count). The zero-order valence-electron chi connectivity index (χ0n) is 14.1. The quantitative estimate of drug-likeness (QED) is 0.747. The van der Waals surface area contributed by atoms with E-state index in [1.165, 1.54) is 0 Å². The van der Waals surface area contributed by atoms with Crippen LogP contribution < -0.4 is 10.5 Å². The summed E-state index contributed by atoms with van der Waals surface area (Å²) in [4.78, 5) is 36.0. The van der Waals surface area contributed by atoms with E-state index in [1.54, 1.807) is 24.3 Å². The molecule has 1 fully saturated rings. The van der Waals surface area contributed by atoms with Crippen LogP contribution in [0.3, 0.4) is 0 Å². The van der Waals surface area contributed by atoms with Gasteiger partial charge < -0.3 is 10.5 Å². The van der Waals surface area contributed by atoms with E-state index in [-0.39, 0.29) is 4.91 Å². The smallest absolute Gasteiger partial charge is 0.294 e. The molecule has 0 unspecified atom stereocenters. The summed E-state index contributed by atoms with van der Waals surface area (Å²) in [6.45, 7) is -0.0546. The van der Waals surface area contributed by atoms with Gasteiger partial charge in [-0.15, -0.1) is 0 Å². The first-order valence-electron chi connectivity index (χ1n) is 7.94. The van der Waals surface area contributed by atoms with Crippen LogP contribution in [0.4, 0.5) is 4.79 Å². The Kier molecular flexibility index (Phi) is 5.83.